The van der Waals surface area contributed by atoms with Crippen molar-refractivity contribution in [1.29, 1.82) is 0 Å². The molecule has 0 bridgehead atoms. The van der Waals surface area contributed by atoms with E-state index >= 15 is 0 Å². The fourth-order valence-electron chi connectivity index (χ4n) is 4.24. The standard InChI is InChI=1S/C29H46N4O5/c1-6-9-10-11-13-17-21(8-3)27(36)33(29(38)26(35)23(30)16-7-2)20-24(34)31-25(28(37)32(4)5)22-18-14-12-15-19-22/h12,14-15,18-19,21,23,25H,6-11,13,16-17,20,30H2,1-5H3,(H,31,34). The number of nitrogens with one attached hydrogen (secondary N) is 1. The van der Waals surface area contributed by atoms with Gasteiger partial charge in [0.1, 0.15) is 12.6 Å². The van der Waals surface area contributed by atoms with Crippen LogP contribution in [0.1, 0.15) is 90.2 Å². The highest BCUT2D eigenvalue weighted by atomic mass is 16.2. The normalized spacial score (nSPS) is 13.2. The quantitative estimate of drug-likeness (QED) is 0.235. The number of unbranched alkanes of at least 4 members (excludes halogenated alkanes) is 4. The molecule has 0 aromatic heterocycles. The number of amides is 4. The van der Waals surface area contributed by atoms with Crippen molar-refractivity contribution in [1.82, 2.24) is 15.1 Å². The Balaban J connectivity index is 3.17. The molecule has 4 amide bonds. The molecule has 0 aliphatic heterocycles. The predicted octanol–water partition coefficient (Wildman–Crippen LogP) is 3.37. The first-order valence-corrected chi connectivity index (χ1v) is 13.8. The number of Topliss-reactive ketones (excluding diaryl/α,β-unsaturated/α-hetero) is 1. The number of imide groups is 1. The summed E-state index contributed by atoms with van der Waals surface area (Å²) in [5, 5.41) is 2.65. The third kappa shape index (κ3) is 10.4. The van der Waals surface area contributed by atoms with Gasteiger partial charge in [0, 0.05) is 20.0 Å². The summed E-state index contributed by atoms with van der Waals surface area (Å²) in [4.78, 5) is 67.6. The molecule has 212 valence electrons. The van der Waals surface area contributed by atoms with Crippen LogP contribution in [0.5, 0.6) is 0 Å². The molecule has 0 radical (unpaired) electrons. The SMILES string of the molecule is CCCCCCCC(CC)C(=O)N(CC(=O)NC(C(=O)N(C)C)c1ccccc1)C(=O)C(=O)C(N)CCC. The lowest BCUT2D eigenvalue weighted by Gasteiger charge is -2.27. The number of ketones is 1. The Morgan fingerprint density at radius 2 is 1.47 bits per heavy atom. The highest BCUT2D eigenvalue weighted by molar-refractivity contribution is 6.40. The Morgan fingerprint density at radius 3 is 2.03 bits per heavy atom. The first-order valence-electron chi connectivity index (χ1n) is 13.8. The number of rotatable bonds is 17. The van der Waals surface area contributed by atoms with Crippen LogP contribution in [-0.4, -0.2) is 65.9 Å². The molecule has 9 heteroatoms. The van der Waals surface area contributed by atoms with E-state index in [9.17, 15) is 24.0 Å². The van der Waals surface area contributed by atoms with Gasteiger partial charge < -0.3 is 16.0 Å². The van der Waals surface area contributed by atoms with E-state index in [1.165, 1.54) is 4.90 Å². The third-order valence-corrected chi connectivity index (χ3v) is 6.58. The summed E-state index contributed by atoms with van der Waals surface area (Å²) in [5.74, 6) is -4.12. The second-order valence-corrected chi connectivity index (χ2v) is 9.94. The molecule has 0 spiro atoms. The molecule has 1 rings (SSSR count). The van der Waals surface area contributed by atoms with Gasteiger partial charge in [0.2, 0.25) is 23.5 Å². The number of carbonyl (C=O) groups is 5. The van der Waals surface area contributed by atoms with Crippen LogP contribution in [0.25, 0.3) is 0 Å². The molecule has 1 aromatic rings. The number of nitrogens with zero attached hydrogens (tertiary/aromatic N) is 2. The highest BCUT2D eigenvalue weighted by Gasteiger charge is 2.36. The van der Waals surface area contributed by atoms with Crippen LogP contribution < -0.4 is 11.1 Å². The summed E-state index contributed by atoms with van der Waals surface area (Å²) in [5.41, 5.74) is 6.46. The molecule has 0 saturated carbocycles. The van der Waals surface area contributed by atoms with E-state index in [4.69, 9.17) is 5.73 Å². The Bertz CT molecular complexity index is 919. The lowest BCUT2D eigenvalue weighted by molar-refractivity contribution is -0.156. The van der Waals surface area contributed by atoms with E-state index in [1.54, 1.807) is 44.4 Å². The molecule has 0 aliphatic rings. The van der Waals surface area contributed by atoms with Crippen molar-refractivity contribution in [2.75, 3.05) is 20.6 Å². The van der Waals surface area contributed by atoms with Gasteiger partial charge in [-0.25, -0.2) is 0 Å². The molecular weight excluding hydrogens is 484 g/mol. The summed E-state index contributed by atoms with van der Waals surface area (Å²) in [6.45, 7) is 5.15. The minimum atomic E-state index is -1.08. The van der Waals surface area contributed by atoms with E-state index < -0.39 is 48.1 Å². The number of nitrogens with two attached hydrogens (primary N) is 1. The Hall–Kier alpha value is -3.07. The van der Waals surface area contributed by atoms with Crippen molar-refractivity contribution >= 4 is 29.4 Å². The zero-order valence-corrected chi connectivity index (χ0v) is 23.7. The van der Waals surface area contributed by atoms with E-state index in [0.717, 1.165) is 37.0 Å². The summed E-state index contributed by atoms with van der Waals surface area (Å²) >= 11 is 0. The molecule has 1 aromatic carbocycles. The maximum Gasteiger partial charge on any atom is 0.298 e. The van der Waals surface area contributed by atoms with Crippen LogP contribution in [0.15, 0.2) is 30.3 Å². The number of benzene rings is 1. The maximum atomic E-state index is 13.5. The maximum absolute atomic E-state index is 13.5. The topological polar surface area (TPSA) is 130 Å². The van der Waals surface area contributed by atoms with Gasteiger partial charge in [-0.1, -0.05) is 89.6 Å². The van der Waals surface area contributed by atoms with Crippen molar-refractivity contribution in [3.05, 3.63) is 35.9 Å². The molecule has 0 saturated heterocycles. The molecule has 9 nitrogen and oxygen atoms in total. The predicted molar refractivity (Wildman–Crippen MR) is 148 cm³/mol. The number of hydrogen-bond acceptors (Lipinski definition) is 6. The van der Waals surface area contributed by atoms with Crippen LogP contribution in [0, 0.1) is 5.92 Å². The molecule has 0 heterocycles. The van der Waals surface area contributed by atoms with Gasteiger partial charge in [0.15, 0.2) is 0 Å². The van der Waals surface area contributed by atoms with Crippen LogP contribution in [0.3, 0.4) is 0 Å². The summed E-state index contributed by atoms with van der Waals surface area (Å²) in [7, 11) is 3.15. The molecule has 3 atom stereocenters. The zero-order chi connectivity index (χ0) is 28.7. The highest BCUT2D eigenvalue weighted by Crippen LogP contribution is 2.19. The Kier molecular flexibility index (Phi) is 15.1. The Labute approximate surface area is 227 Å². The number of carbonyl (C=O) groups excluding carboxylic acids is 5. The van der Waals surface area contributed by atoms with Crippen molar-refractivity contribution in [2.24, 2.45) is 11.7 Å². The van der Waals surface area contributed by atoms with Gasteiger partial charge in [0.25, 0.3) is 5.91 Å². The van der Waals surface area contributed by atoms with Crippen molar-refractivity contribution in [3.63, 3.8) is 0 Å². The van der Waals surface area contributed by atoms with Gasteiger partial charge in [-0.05, 0) is 24.8 Å². The third-order valence-electron chi connectivity index (χ3n) is 6.58. The lowest BCUT2D eigenvalue weighted by atomic mass is 9.96. The van der Waals surface area contributed by atoms with Gasteiger partial charge in [-0.3, -0.25) is 28.9 Å². The van der Waals surface area contributed by atoms with Crippen molar-refractivity contribution in [2.45, 2.75) is 90.6 Å². The first-order chi connectivity index (χ1) is 18.1. The Morgan fingerprint density at radius 1 is 0.842 bits per heavy atom. The number of hydrogen-bond donors (Lipinski definition) is 2. The van der Waals surface area contributed by atoms with Crippen molar-refractivity contribution in [3.8, 4) is 0 Å². The smallest absolute Gasteiger partial charge is 0.298 e. The second kappa shape index (κ2) is 17.4. The summed E-state index contributed by atoms with van der Waals surface area (Å²) in [6.07, 6.45) is 6.99. The molecule has 0 aliphatic carbocycles. The van der Waals surface area contributed by atoms with E-state index in [2.05, 4.69) is 12.2 Å². The van der Waals surface area contributed by atoms with Gasteiger partial charge in [0.05, 0.1) is 6.04 Å². The van der Waals surface area contributed by atoms with Gasteiger partial charge >= 0.3 is 0 Å². The van der Waals surface area contributed by atoms with Crippen LogP contribution in [0.2, 0.25) is 0 Å². The van der Waals surface area contributed by atoms with Crippen LogP contribution >= 0.6 is 0 Å². The van der Waals surface area contributed by atoms with E-state index in [0.29, 0.717) is 31.2 Å². The molecule has 3 N–H and O–H groups in total. The van der Waals surface area contributed by atoms with Crippen molar-refractivity contribution < 1.29 is 24.0 Å². The zero-order valence-electron chi connectivity index (χ0n) is 23.7. The molecule has 0 fully saturated rings. The summed E-state index contributed by atoms with van der Waals surface area (Å²) in [6, 6.07) is 6.64. The fourth-order valence-corrected chi connectivity index (χ4v) is 4.24. The van der Waals surface area contributed by atoms with Gasteiger partial charge in [-0.15, -0.1) is 0 Å². The van der Waals surface area contributed by atoms with Crippen LogP contribution in [0.4, 0.5) is 0 Å². The van der Waals surface area contributed by atoms with Gasteiger partial charge in [-0.2, -0.15) is 0 Å². The monoisotopic (exact) mass is 530 g/mol. The lowest BCUT2D eigenvalue weighted by Crippen LogP contribution is -2.53. The fraction of sp³-hybridized carbons (Fsp3) is 0.621. The largest absolute Gasteiger partial charge is 0.347 e. The molecular formula is C29H46N4O5. The average Bonchev–Trinajstić information content (AvgIpc) is 2.91. The minimum absolute atomic E-state index is 0.293. The molecule has 3 unspecified atom stereocenters. The second-order valence-electron chi connectivity index (χ2n) is 9.94. The van der Waals surface area contributed by atoms with Crippen LogP contribution in [-0.2, 0) is 24.0 Å². The molecule has 38 heavy (non-hydrogen) atoms. The van der Waals surface area contributed by atoms with E-state index in [1.807, 2.05) is 13.8 Å². The first kappa shape index (κ1) is 33.0. The summed E-state index contributed by atoms with van der Waals surface area (Å²) < 4.78 is 0. The average molecular weight is 531 g/mol. The van der Waals surface area contributed by atoms with E-state index in [-0.39, 0.29) is 5.91 Å². The number of likely N-dealkylation sites (N-methyl/N-ethyl adjacent to an activating group) is 1. The minimum Gasteiger partial charge on any atom is -0.347 e.